The highest BCUT2D eigenvalue weighted by Gasteiger charge is 2.36. The molecule has 1 aliphatic carbocycles. The zero-order chi connectivity index (χ0) is 35.0. The quantitative estimate of drug-likeness (QED) is 0.142. The van der Waals surface area contributed by atoms with Gasteiger partial charge in [-0.05, 0) is 79.4 Å². The summed E-state index contributed by atoms with van der Waals surface area (Å²) in [5.74, 6) is -0.657. The summed E-state index contributed by atoms with van der Waals surface area (Å²) < 4.78 is 35.6. The lowest BCUT2D eigenvalue weighted by atomic mass is 10.0. The van der Waals surface area contributed by atoms with Crippen molar-refractivity contribution in [3.63, 3.8) is 0 Å². The minimum absolute atomic E-state index is 0.0123. The van der Waals surface area contributed by atoms with E-state index in [2.05, 4.69) is 5.32 Å². The summed E-state index contributed by atoms with van der Waals surface area (Å²) in [6.45, 7) is 1.34. The lowest BCUT2D eigenvalue weighted by Crippen LogP contribution is -2.54. The van der Waals surface area contributed by atoms with E-state index in [1.54, 1.807) is 49.4 Å². The zero-order valence-corrected chi connectivity index (χ0v) is 30.1. The van der Waals surface area contributed by atoms with Crippen LogP contribution in [0.25, 0.3) is 0 Å². The van der Waals surface area contributed by atoms with Crippen LogP contribution < -0.4 is 14.4 Å². The Morgan fingerprint density at radius 1 is 0.878 bits per heavy atom. The Morgan fingerprint density at radius 3 is 2.20 bits per heavy atom. The minimum Gasteiger partial charge on any atom is -0.492 e. The van der Waals surface area contributed by atoms with E-state index in [1.165, 1.54) is 29.2 Å². The van der Waals surface area contributed by atoms with Gasteiger partial charge in [-0.3, -0.25) is 13.9 Å². The molecule has 5 rings (SSSR count). The van der Waals surface area contributed by atoms with Crippen molar-refractivity contribution in [3.05, 3.63) is 123 Å². The summed E-state index contributed by atoms with van der Waals surface area (Å²) in [5.41, 5.74) is 1.56. The molecule has 1 aliphatic rings. The number of carbonyl (C=O) groups is 2. The average molecular weight is 743 g/mol. The lowest BCUT2D eigenvalue weighted by molar-refractivity contribution is -0.140. The second-order valence-electron chi connectivity index (χ2n) is 11.8. The molecule has 0 unspecified atom stereocenters. The number of amides is 2. The number of halogens is 3. The molecule has 0 radical (unpaired) electrons. The van der Waals surface area contributed by atoms with E-state index in [1.807, 2.05) is 30.3 Å². The summed E-state index contributed by atoms with van der Waals surface area (Å²) in [5, 5.41) is 4.25. The fraction of sp³-hybridized carbons (Fsp3) is 0.297. The van der Waals surface area contributed by atoms with Crippen LogP contribution in [-0.4, -0.2) is 50.4 Å². The van der Waals surface area contributed by atoms with Crippen LogP contribution in [0.15, 0.2) is 102 Å². The molecule has 0 aromatic heterocycles. The van der Waals surface area contributed by atoms with Crippen LogP contribution in [0.1, 0.15) is 43.7 Å². The summed E-state index contributed by atoms with van der Waals surface area (Å²) in [6, 6.07) is 25.7. The van der Waals surface area contributed by atoms with Gasteiger partial charge in [-0.1, -0.05) is 96.2 Å². The van der Waals surface area contributed by atoms with E-state index in [0.717, 1.165) is 35.6 Å². The summed E-state index contributed by atoms with van der Waals surface area (Å²) in [7, 11) is -4.35. The third-order valence-electron chi connectivity index (χ3n) is 8.44. The van der Waals surface area contributed by atoms with Crippen LogP contribution in [0.4, 0.5) is 5.69 Å². The van der Waals surface area contributed by atoms with E-state index < -0.39 is 28.5 Å². The Balaban J connectivity index is 1.61. The van der Waals surface area contributed by atoms with E-state index in [-0.39, 0.29) is 47.9 Å². The van der Waals surface area contributed by atoms with Crippen molar-refractivity contribution >= 4 is 62.3 Å². The van der Waals surface area contributed by atoms with Crippen molar-refractivity contribution in [1.29, 1.82) is 0 Å². The first kappa shape index (κ1) is 36.5. The van der Waals surface area contributed by atoms with Gasteiger partial charge in [0.25, 0.3) is 10.0 Å². The van der Waals surface area contributed by atoms with E-state index in [9.17, 15) is 18.0 Å². The van der Waals surface area contributed by atoms with Crippen molar-refractivity contribution in [1.82, 2.24) is 10.2 Å². The lowest BCUT2D eigenvalue weighted by Gasteiger charge is -2.34. The molecule has 4 aromatic rings. The largest absolute Gasteiger partial charge is 0.492 e. The molecular formula is C37H38Cl3N3O5S. The predicted octanol–water partition coefficient (Wildman–Crippen LogP) is 7.94. The summed E-state index contributed by atoms with van der Waals surface area (Å²) in [4.78, 5) is 30.3. The number of carbonyl (C=O) groups excluding carboxylic acids is 2. The third kappa shape index (κ3) is 9.28. The smallest absolute Gasteiger partial charge is 0.264 e. The highest BCUT2D eigenvalue weighted by atomic mass is 35.5. The molecule has 1 atom stereocenters. The number of rotatable bonds is 14. The Bertz CT molecular complexity index is 1850. The van der Waals surface area contributed by atoms with Crippen LogP contribution >= 0.6 is 34.8 Å². The number of nitrogens with zero attached hydrogens (tertiary/aromatic N) is 2. The fourth-order valence-corrected chi connectivity index (χ4v) is 7.96. The second kappa shape index (κ2) is 16.8. The molecule has 0 spiro atoms. The summed E-state index contributed by atoms with van der Waals surface area (Å²) >= 11 is 18.9. The van der Waals surface area contributed by atoms with E-state index in [4.69, 9.17) is 39.5 Å². The molecule has 0 aliphatic heterocycles. The monoisotopic (exact) mass is 741 g/mol. The van der Waals surface area contributed by atoms with Gasteiger partial charge >= 0.3 is 0 Å². The first-order valence-electron chi connectivity index (χ1n) is 16.1. The van der Waals surface area contributed by atoms with Gasteiger partial charge in [-0.15, -0.1) is 0 Å². The summed E-state index contributed by atoms with van der Waals surface area (Å²) in [6.07, 6.45) is 3.90. The van der Waals surface area contributed by atoms with Crippen molar-refractivity contribution in [2.24, 2.45) is 0 Å². The van der Waals surface area contributed by atoms with Crippen LogP contribution in [-0.2, 0) is 32.6 Å². The van der Waals surface area contributed by atoms with Crippen molar-refractivity contribution < 1.29 is 22.7 Å². The van der Waals surface area contributed by atoms with E-state index >= 15 is 0 Å². The molecule has 1 fully saturated rings. The number of sulfonamides is 1. The average Bonchev–Trinajstić information content (AvgIpc) is 3.60. The third-order valence-corrected chi connectivity index (χ3v) is 11.1. The standard InChI is InChI=1S/C37H38Cl3N3O5S/c1-2-48-35-15-9-8-14-33(35)43(49(46,47)31-20-18-28(38)19-21-31)25-36(44)42(24-27-16-17-29(39)23-32(27)40)34(22-26-10-4-3-5-11-26)37(45)41-30-12-6-7-13-30/h3-5,8-11,14-21,23,30,34H,2,6-7,12-13,22,24-25H2,1H3,(H,41,45)/t34-/m1/s1. The van der Waals surface area contributed by atoms with Gasteiger partial charge in [0.2, 0.25) is 11.8 Å². The van der Waals surface area contributed by atoms with Crippen molar-refractivity contribution in [3.8, 4) is 5.75 Å². The zero-order valence-electron chi connectivity index (χ0n) is 27.0. The molecule has 0 saturated heterocycles. The van der Waals surface area contributed by atoms with Gasteiger partial charge in [0.1, 0.15) is 18.3 Å². The number of nitrogens with one attached hydrogen (secondary N) is 1. The Labute approximate surface area is 303 Å². The van der Waals surface area contributed by atoms with Gasteiger partial charge in [0, 0.05) is 34.1 Å². The highest BCUT2D eigenvalue weighted by molar-refractivity contribution is 7.92. The second-order valence-corrected chi connectivity index (χ2v) is 15.0. The number of hydrogen-bond donors (Lipinski definition) is 1. The minimum atomic E-state index is -4.35. The van der Waals surface area contributed by atoms with Crippen LogP contribution in [0.5, 0.6) is 5.75 Å². The molecule has 1 N–H and O–H groups in total. The SMILES string of the molecule is CCOc1ccccc1N(CC(=O)N(Cc1ccc(Cl)cc1Cl)[C@H](Cc1ccccc1)C(=O)NC1CCCC1)S(=O)(=O)c1ccc(Cl)cc1. The van der Waals surface area contributed by atoms with Gasteiger partial charge in [0.15, 0.2) is 0 Å². The molecule has 2 amide bonds. The Morgan fingerprint density at radius 2 is 1.53 bits per heavy atom. The molecule has 1 saturated carbocycles. The van der Waals surface area contributed by atoms with Crippen molar-refractivity contribution in [2.45, 2.75) is 62.6 Å². The molecular weight excluding hydrogens is 705 g/mol. The Kier molecular flexibility index (Phi) is 12.5. The molecule has 49 heavy (non-hydrogen) atoms. The van der Waals surface area contributed by atoms with Gasteiger partial charge < -0.3 is 15.0 Å². The van der Waals surface area contributed by atoms with Gasteiger partial charge in [-0.2, -0.15) is 0 Å². The maximum absolute atomic E-state index is 14.8. The van der Waals surface area contributed by atoms with E-state index in [0.29, 0.717) is 20.6 Å². The number of para-hydroxylation sites is 2. The molecule has 4 aromatic carbocycles. The van der Waals surface area contributed by atoms with Gasteiger partial charge in [0.05, 0.1) is 17.2 Å². The predicted molar refractivity (Wildman–Crippen MR) is 195 cm³/mol. The Hall–Kier alpha value is -3.76. The topological polar surface area (TPSA) is 96.0 Å². The number of anilines is 1. The molecule has 8 nitrogen and oxygen atoms in total. The van der Waals surface area contributed by atoms with Crippen LogP contribution in [0.2, 0.25) is 15.1 Å². The maximum Gasteiger partial charge on any atom is 0.264 e. The molecule has 258 valence electrons. The first-order chi connectivity index (χ1) is 23.6. The van der Waals surface area contributed by atoms with Crippen LogP contribution in [0, 0.1) is 0 Å². The molecule has 12 heteroatoms. The maximum atomic E-state index is 14.8. The fourth-order valence-electron chi connectivity index (χ4n) is 5.94. The molecule has 0 bridgehead atoms. The normalized spacial score (nSPS) is 13.9. The van der Waals surface area contributed by atoms with Crippen LogP contribution in [0.3, 0.4) is 0 Å². The van der Waals surface area contributed by atoms with Gasteiger partial charge in [-0.25, -0.2) is 8.42 Å². The number of benzene rings is 4. The number of ether oxygens (including phenoxy) is 1. The highest BCUT2D eigenvalue weighted by Crippen LogP contribution is 2.34. The van der Waals surface area contributed by atoms with Crippen molar-refractivity contribution in [2.75, 3.05) is 17.5 Å². The first-order valence-corrected chi connectivity index (χ1v) is 18.7. The molecule has 0 heterocycles. The number of hydrogen-bond acceptors (Lipinski definition) is 5.